The fourth-order valence-electron chi connectivity index (χ4n) is 1.98. The number of nitrogens with one attached hydrogen (secondary N) is 2. The van der Waals surface area contributed by atoms with Gasteiger partial charge in [0.2, 0.25) is 5.91 Å². The minimum atomic E-state index is -0.770. The highest BCUT2D eigenvalue weighted by Gasteiger charge is 2.17. The number of halogens is 1. The van der Waals surface area contributed by atoms with Gasteiger partial charge in [0, 0.05) is 31.0 Å². The molecule has 0 bridgehead atoms. The van der Waals surface area contributed by atoms with Gasteiger partial charge < -0.3 is 10.1 Å². The number of rotatable bonds is 5. The average Bonchev–Trinajstić information content (AvgIpc) is 3.00. The molecule has 2 N–H and O–H groups in total. The summed E-state index contributed by atoms with van der Waals surface area (Å²) in [5.41, 5.74) is -0.393. The van der Waals surface area contributed by atoms with Gasteiger partial charge in [0.05, 0.1) is 5.69 Å². The first-order valence-corrected chi connectivity index (χ1v) is 7.80. The lowest BCUT2D eigenvalue weighted by atomic mass is 10.2. The van der Waals surface area contributed by atoms with Gasteiger partial charge in [0.15, 0.2) is 0 Å². The van der Waals surface area contributed by atoms with Crippen LogP contribution in [0.4, 0.5) is 20.6 Å². The van der Waals surface area contributed by atoms with E-state index >= 15 is 0 Å². The van der Waals surface area contributed by atoms with Crippen molar-refractivity contribution in [3.8, 4) is 0 Å². The Balaban J connectivity index is 1.95. The molecule has 0 atom stereocenters. The van der Waals surface area contributed by atoms with Gasteiger partial charge in [-0.15, -0.1) is 0 Å². The molecule has 0 fully saturated rings. The molecular weight excluding hydrogens is 327 g/mol. The zero-order chi connectivity index (χ0) is 18.4. The summed E-state index contributed by atoms with van der Waals surface area (Å²) < 4.78 is 20.6. The molecule has 7 nitrogen and oxygen atoms in total. The van der Waals surface area contributed by atoms with Crippen molar-refractivity contribution in [1.82, 2.24) is 9.78 Å². The molecule has 0 aliphatic carbocycles. The largest absolute Gasteiger partial charge is 0.444 e. The van der Waals surface area contributed by atoms with E-state index in [-0.39, 0.29) is 18.0 Å². The summed E-state index contributed by atoms with van der Waals surface area (Å²) >= 11 is 0. The first kappa shape index (κ1) is 18.4. The Morgan fingerprint density at radius 2 is 2.04 bits per heavy atom. The fraction of sp³-hybridized carbons (Fsp3) is 0.353. The minimum Gasteiger partial charge on any atom is -0.444 e. The molecule has 0 radical (unpaired) electrons. The van der Waals surface area contributed by atoms with Crippen molar-refractivity contribution in [2.45, 2.75) is 39.3 Å². The topological polar surface area (TPSA) is 85.3 Å². The summed E-state index contributed by atoms with van der Waals surface area (Å²) in [5.74, 6) is -0.870. The molecule has 0 spiro atoms. The van der Waals surface area contributed by atoms with Crippen LogP contribution in [0.15, 0.2) is 36.7 Å². The van der Waals surface area contributed by atoms with E-state index in [1.807, 2.05) is 0 Å². The standard InChI is InChI=1S/C17H21FN4O3/c1-17(2,3)25-16(24)21-14-11-12(5-6-13(14)18)20-15(23)7-10-22-9-4-8-19-22/h4-6,8-9,11H,7,10H2,1-3H3,(H,20,23)(H,21,24). The van der Waals surface area contributed by atoms with Gasteiger partial charge in [-0.25, -0.2) is 9.18 Å². The molecule has 0 aliphatic rings. The van der Waals surface area contributed by atoms with E-state index in [9.17, 15) is 14.0 Å². The maximum atomic E-state index is 13.8. The van der Waals surface area contributed by atoms with Crippen molar-refractivity contribution < 1.29 is 18.7 Å². The van der Waals surface area contributed by atoms with E-state index in [2.05, 4.69) is 15.7 Å². The van der Waals surface area contributed by atoms with E-state index in [1.54, 1.807) is 43.9 Å². The zero-order valence-electron chi connectivity index (χ0n) is 14.4. The van der Waals surface area contributed by atoms with Crippen molar-refractivity contribution in [3.63, 3.8) is 0 Å². The molecule has 134 valence electrons. The number of amides is 2. The van der Waals surface area contributed by atoms with Crippen molar-refractivity contribution >= 4 is 23.4 Å². The molecule has 25 heavy (non-hydrogen) atoms. The number of nitrogens with zero attached hydrogens (tertiary/aromatic N) is 2. The average molecular weight is 348 g/mol. The molecule has 8 heteroatoms. The molecule has 1 heterocycles. The first-order chi connectivity index (χ1) is 11.7. The molecule has 0 aliphatic heterocycles. The highest BCUT2D eigenvalue weighted by Crippen LogP contribution is 2.21. The maximum absolute atomic E-state index is 13.8. The quantitative estimate of drug-likeness (QED) is 0.867. The Bertz CT molecular complexity index is 739. The zero-order valence-corrected chi connectivity index (χ0v) is 14.4. The van der Waals surface area contributed by atoms with Crippen LogP contribution in [0.3, 0.4) is 0 Å². The molecule has 1 aromatic carbocycles. The van der Waals surface area contributed by atoms with E-state index < -0.39 is 17.5 Å². The molecule has 2 rings (SSSR count). The number of benzene rings is 1. The SMILES string of the molecule is CC(C)(C)OC(=O)Nc1cc(NC(=O)CCn2cccn2)ccc1F. The highest BCUT2D eigenvalue weighted by molar-refractivity contribution is 5.92. The number of anilines is 2. The summed E-state index contributed by atoms with van der Waals surface area (Å²) in [5, 5.41) is 9.00. The summed E-state index contributed by atoms with van der Waals surface area (Å²) in [6, 6.07) is 5.69. The monoisotopic (exact) mass is 348 g/mol. The van der Waals surface area contributed by atoms with Gasteiger partial charge in [-0.1, -0.05) is 0 Å². The van der Waals surface area contributed by atoms with E-state index in [0.717, 1.165) is 6.07 Å². The van der Waals surface area contributed by atoms with Crippen molar-refractivity contribution in [2.24, 2.45) is 0 Å². The van der Waals surface area contributed by atoms with Crippen LogP contribution in [0.2, 0.25) is 0 Å². The van der Waals surface area contributed by atoms with E-state index in [1.165, 1.54) is 12.1 Å². The van der Waals surface area contributed by atoms with Crippen molar-refractivity contribution in [2.75, 3.05) is 10.6 Å². The van der Waals surface area contributed by atoms with Crippen LogP contribution >= 0.6 is 0 Å². The predicted octanol–water partition coefficient (Wildman–Crippen LogP) is 3.40. The van der Waals surface area contributed by atoms with Gasteiger partial charge in [0.1, 0.15) is 11.4 Å². The third-order valence-electron chi connectivity index (χ3n) is 3.01. The molecule has 0 unspecified atom stereocenters. The van der Waals surface area contributed by atoms with Crippen LogP contribution in [-0.2, 0) is 16.1 Å². The normalized spacial score (nSPS) is 11.0. The lowest BCUT2D eigenvalue weighted by molar-refractivity contribution is -0.116. The second kappa shape index (κ2) is 7.78. The van der Waals surface area contributed by atoms with Crippen LogP contribution in [0.1, 0.15) is 27.2 Å². The number of carbonyl (C=O) groups is 2. The van der Waals surface area contributed by atoms with Gasteiger partial charge in [-0.3, -0.25) is 14.8 Å². The van der Waals surface area contributed by atoms with E-state index in [0.29, 0.717) is 12.2 Å². The number of ether oxygens (including phenoxy) is 1. The molecular formula is C17H21FN4O3. The second-order valence-corrected chi connectivity index (χ2v) is 6.39. The Hall–Kier alpha value is -2.90. The molecule has 2 amide bonds. The molecule has 1 aromatic heterocycles. The van der Waals surface area contributed by atoms with Crippen LogP contribution < -0.4 is 10.6 Å². The predicted molar refractivity (Wildman–Crippen MR) is 91.7 cm³/mol. The number of aromatic nitrogens is 2. The van der Waals surface area contributed by atoms with Gasteiger partial charge in [0.25, 0.3) is 0 Å². The van der Waals surface area contributed by atoms with Crippen molar-refractivity contribution in [3.05, 3.63) is 42.5 Å². The van der Waals surface area contributed by atoms with Gasteiger partial charge in [-0.2, -0.15) is 5.10 Å². The van der Waals surface area contributed by atoms with Crippen LogP contribution in [0.5, 0.6) is 0 Å². The minimum absolute atomic E-state index is 0.0703. The van der Waals surface area contributed by atoms with Crippen molar-refractivity contribution in [1.29, 1.82) is 0 Å². The Kier molecular flexibility index (Phi) is 5.74. The van der Waals surface area contributed by atoms with Gasteiger partial charge in [-0.05, 0) is 45.0 Å². The summed E-state index contributed by atoms with van der Waals surface area (Å²) in [6.07, 6.45) is 2.84. The van der Waals surface area contributed by atoms with Crippen LogP contribution in [0, 0.1) is 5.82 Å². The number of carbonyl (C=O) groups excluding carboxylic acids is 2. The number of aryl methyl sites for hydroxylation is 1. The maximum Gasteiger partial charge on any atom is 0.412 e. The smallest absolute Gasteiger partial charge is 0.412 e. The molecule has 2 aromatic rings. The molecule has 0 saturated heterocycles. The number of hydrogen-bond acceptors (Lipinski definition) is 4. The summed E-state index contributed by atoms with van der Waals surface area (Å²) in [6.45, 7) is 5.56. The summed E-state index contributed by atoms with van der Waals surface area (Å²) in [7, 11) is 0. The second-order valence-electron chi connectivity index (χ2n) is 6.39. The van der Waals surface area contributed by atoms with E-state index in [4.69, 9.17) is 4.74 Å². The third-order valence-corrected chi connectivity index (χ3v) is 3.01. The van der Waals surface area contributed by atoms with Crippen LogP contribution in [0.25, 0.3) is 0 Å². The van der Waals surface area contributed by atoms with Crippen LogP contribution in [-0.4, -0.2) is 27.4 Å². The molecule has 0 saturated carbocycles. The lowest BCUT2D eigenvalue weighted by Crippen LogP contribution is -2.27. The third kappa shape index (κ3) is 6.25. The summed E-state index contributed by atoms with van der Waals surface area (Å²) in [4.78, 5) is 23.7. The highest BCUT2D eigenvalue weighted by atomic mass is 19.1. The first-order valence-electron chi connectivity index (χ1n) is 7.80. The Morgan fingerprint density at radius 1 is 1.28 bits per heavy atom. The van der Waals surface area contributed by atoms with Gasteiger partial charge >= 0.3 is 6.09 Å². The lowest BCUT2D eigenvalue weighted by Gasteiger charge is -2.20. The number of hydrogen-bond donors (Lipinski definition) is 2. The Labute approximate surface area is 145 Å². The Morgan fingerprint density at radius 3 is 2.68 bits per heavy atom. The fourth-order valence-corrected chi connectivity index (χ4v) is 1.98.